The third-order valence-electron chi connectivity index (χ3n) is 5.17. The van der Waals surface area contributed by atoms with Gasteiger partial charge in [-0.2, -0.15) is 0 Å². The molecule has 1 aliphatic rings. The van der Waals surface area contributed by atoms with Crippen molar-refractivity contribution in [2.24, 2.45) is 0 Å². The lowest BCUT2D eigenvalue weighted by Crippen LogP contribution is -2.28. The summed E-state index contributed by atoms with van der Waals surface area (Å²) in [4.78, 5) is 14.6. The number of benzene rings is 2. The number of likely N-dealkylation sites (tertiary alicyclic amines) is 1. The van der Waals surface area contributed by atoms with Crippen LogP contribution in [-0.4, -0.2) is 32.3 Å². The van der Waals surface area contributed by atoms with Crippen LogP contribution in [0, 0.1) is 6.92 Å². The Morgan fingerprint density at radius 2 is 1.75 bits per heavy atom. The van der Waals surface area contributed by atoms with Crippen LogP contribution in [0.25, 0.3) is 0 Å². The van der Waals surface area contributed by atoms with E-state index >= 15 is 0 Å². The molecule has 3 rings (SSSR count). The van der Waals surface area contributed by atoms with Crippen LogP contribution in [0.5, 0.6) is 0 Å². The van der Waals surface area contributed by atoms with Crippen molar-refractivity contribution < 1.29 is 13.2 Å². The first-order chi connectivity index (χ1) is 13.4. The molecule has 28 heavy (non-hydrogen) atoms. The van der Waals surface area contributed by atoms with E-state index < -0.39 is 10.0 Å². The third kappa shape index (κ3) is 4.73. The minimum atomic E-state index is -3.76. The van der Waals surface area contributed by atoms with Gasteiger partial charge in [-0.15, -0.1) is 0 Å². The maximum Gasteiger partial charge on any atom is 0.261 e. The van der Waals surface area contributed by atoms with Gasteiger partial charge in [-0.05, 0) is 68.0 Å². The predicted molar refractivity (Wildman–Crippen MR) is 112 cm³/mol. The maximum absolute atomic E-state index is 12.8. The summed E-state index contributed by atoms with van der Waals surface area (Å²) in [6.45, 7) is 5.45. The summed E-state index contributed by atoms with van der Waals surface area (Å²) >= 11 is 0. The molecule has 1 amide bonds. The number of hydrogen-bond donors (Lipinski definition) is 1. The van der Waals surface area contributed by atoms with E-state index in [0.717, 1.165) is 50.8 Å². The smallest absolute Gasteiger partial charge is 0.261 e. The molecule has 0 spiro atoms. The van der Waals surface area contributed by atoms with Gasteiger partial charge in [-0.3, -0.25) is 9.52 Å². The van der Waals surface area contributed by atoms with E-state index in [-0.39, 0.29) is 10.8 Å². The fraction of sp³-hybridized carbons (Fsp3) is 0.409. The van der Waals surface area contributed by atoms with Crippen molar-refractivity contribution in [3.8, 4) is 0 Å². The van der Waals surface area contributed by atoms with Crippen LogP contribution in [0.2, 0.25) is 0 Å². The molecule has 0 aliphatic carbocycles. The van der Waals surface area contributed by atoms with Gasteiger partial charge in [0.15, 0.2) is 0 Å². The largest absolute Gasteiger partial charge is 0.339 e. The van der Waals surface area contributed by atoms with Gasteiger partial charge >= 0.3 is 0 Å². The van der Waals surface area contributed by atoms with E-state index in [1.807, 2.05) is 19.1 Å². The van der Waals surface area contributed by atoms with E-state index in [1.54, 1.807) is 29.2 Å². The maximum atomic E-state index is 12.8. The number of amides is 1. The summed E-state index contributed by atoms with van der Waals surface area (Å²) in [5, 5.41) is 0. The summed E-state index contributed by atoms with van der Waals surface area (Å²) in [6.07, 6.45) is 5.23. The fourth-order valence-electron chi connectivity index (χ4n) is 3.42. The van der Waals surface area contributed by atoms with Gasteiger partial charge in [-0.25, -0.2) is 8.42 Å². The second-order valence-corrected chi connectivity index (χ2v) is 9.06. The summed E-state index contributed by atoms with van der Waals surface area (Å²) in [7, 11) is -3.76. The molecule has 0 unspecified atom stereocenters. The average molecular weight is 401 g/mol. The van der Waals surface area contributed by atoms with E-state index in [4.69, 9.17) is 0 Å². The summed E-state index contributed by atoms with van der Waals surface area (Å²) in [5.41, 5.74) is 2.96. The molecular weight excluding hydrogens is 372 g/mol. The van der Waals surface area contributed by atoms with Gasteiger partial charge in [0.1, 0.15) is 0 Å². The number of carbonyl (C=O) groups is 1. The molecule has 0 bridgehead atoms. The zero-order chi connectivity index (χ0) is 20.1. The number of carbonyl (C=O) groups excluding carboxylic acids is 1. The minimum Gasteiger partial charge on any atom is -0.339 e. The molecule has 0 radical (unpaired) electrons. The van der Waals surface area contributed by atoms with E-state index in [9.17, 15) is 13.2 Å². The molecule has 5 nitrogen and oxygen atoms in total. The first-order valence-electron chi connectivity index (χ1n) is 9.92. The van der Waals surface area contributed by atoms with Crippen LogP contribution < -0.4 is 4.72 Å². The predicted octanol–water partition coefficient (Wildman–Crippen LogP) is 4.37. The third-order valence-corrected chi connectivity index (χ3v) is 6.55. The highest BCUT2D eigenvalue weighted by molar-refractivity contribution is 7.92. The lowest BCUT2D eigenvalue weighted by atomic mass is 10.1. The Morgan fingerprint density at radius 1 is 1.07 bits per heavy atom. The lowest BCUT2D eigenvalue weighted by molar-refractivity contribution is 0.0792. The summed E-state index contributed by atoms with van der Waals surface area (Å²) in [5.74, 6) is -0.0904. The first kappa shape index (κ1) is 20.4. The van der Waals surface area contributed by atoms with E-state index in [2.05, 4.69) is 11.6 Å². The topological polar surface area (TPSA) is 66.5 Å². The lowest BCUT2D eigenvalue weighted by Gasteiger charge is -2.17. The molecule has 150 valence electrons. The van der Waals surface area contributed by atoms with Gasteiger partial charge in [0.2, 0.25) is 0 Å². The van der Waals surface area contributed by atoms with Crippen LogP contribution in [0.4, 0.5) is 5.69 Å². The molecule has 0 saturated carbocycles. The fourth-order valence-corrected chi connectivity index (χ4v) is 4.51. The number of aryl methyl sites for hydroxylation is 2. The molecule has 1 fully saturated rings. The Labute approximate surface area is 167 Å². The standard InChI is InChI=1S/C22H28N2O3S/c1-3-4-7-18-9-11-19(12-10-18)23-28(26,27)20-13-8-17(2)21(16-20)22(25)24-14-5-6-15-24/h8-13,16,23H,3-7,14-15H2,1-2H3. The number of unbranched alkanes of at least 4 members (excludes halogenated alkanes) is 1. The molecule has 6 heteroatoms. The molecule has 0 atom stereocenters. The highest BCUT2D eigenvalue weighted by Crippen LogP contribution is 2.22. The second-order valence-electron chi connectivity index (χ2n) is 7.38. The normalized spacial score (nSPS) is 14.3. The second kappa shape index (κ2) is 8.78. The van der Waals surface area contributed by atoms with Crippen molar-refractivity contribution in [2.75, 3.05) is 17.8 Å². The van der Waals surface area contributed by atoms with Crippen molar-refractivity contribution in [3.63, 3.8) is 0 Å². The Morgan fingerprint density at radius 3 is 2.39 bits per heavy atom. The van der Waals surface area contributed by atoms with Gasteiger partial charge in [0.25, 0.3) is 15.9 Å². The first-order valence-corrected chi connectivity index (χ1v) is 11.4. The quantitative estimate of drug-likeness (QED) is 0.750. The summed E-state index contributed by atoms with van der Waals surface area (Å²) in [6, 6.07) is 12.2. The summed E-state index contributed by atoms with van der Waals surface area (Å²) < 4.78 is 28.3. The van der Waals surface area contributed by atoms with Gasteiger partial charge < -0.3 is 4.90 Å². The van der Waals surface area contributed by atoms with Crippen LogP contribution in [0.15, 0.2) is 47.4 Å². The zero-order valence-corrected chi connectivity index (χ0v) is 17.4. The number of sulfonamides is 1. The monoisotopic (exact) mass is 400 g/mol. The van der Waals surface area contributed by atoms with Gasteiger partial charge in [0, 0.05) is 24.3 Å². The Hall–Kier alpha value is -2.34. The number of nitrogens with zero attached hydrogens (tertiary/aromatic N) is 1. The molecule has 1 saturated heterocycles. The average Bonchev–Trinajstić information content (AvgIpc) is 3.21. The van der Waals surface area contributed by atoms with Crippen molar-refractivity contribution in [2.45, 2.75) is 50.8 Å². The molecular formula is C22H28N2O3S. The highest BCUT2D eigenvalue weighted by Gasteiger charge is 2.23. The van der Waals surface area contributed by atoms with E-state index in [0.29, 0.717) is 11.3 Å². The molecule has 0 aromatic heterocycles. The van der Waals surface area contributed by atoms with Crippen molar-refractivity contribution in [3.05, 3.63) is 59.2 Å². The van der Waals surface area contributed by atoms with Crippen molar-refractivity contribution in [1.29, 1.82) is 0 Å². The number of hydrogen-bond acceptors (Lipinski definition) is 3. The number of rotatable bonds is 7. The molecule has 2 aromatic rings. The van der Waals surface area contributed by atoms with Crippen LogP contribution in [0.3, 0.4) is 0 Å². The minimum absolute atomic E-state index is 0.0904. The van der Waals surface area contributed by atoms with Crippen LogP contribution >= 0.6 is 0 Å². The highest BCUT2D eigenvalue weighted by atomic mass is 32.2. The molecule has 1 N–H and O–H groups in total. The van der Waals surface area contributed by atoms with Crippen LogP contribution in [0.1, 0.15) is 54.1 Å². The zero-order valence-electron chi connectivity index (χ0n) is 16.6. The molecule has 1 heterocycles. The Kier molecular flexibility index (Phi) is 6.39. The van der Waals surface area contributed by atoms with Gasteiger partial charge in [0.05, 0.1) is 4.90 Å². The SMILES string of the molecule is CCCCc1ccc(NS(=O)(=O)c2ccc(C)c(C(=O)N3CCCC3)c2)cc1. The number of anilines is 1. The van der Waals surface area contributed by atoms with Crippen molar-refractivity contribution >= 4 is 21.6 Å². The Balaban J connectivity index is 1.79. The van der Waals surface area contributed by atoms with Crippen LogP contribution in [-0.2, 0) is 16.4 Å². The molecule has 2 aromatic carbocycles. The number of nitrogens with one attached hydrogen (secondary N) is 1. The Bertz CT molecular complexity index is 931. The van der Waals surface area contributed by atoms with E-state index in [1.165, 1.54) is 11.6 Å². The van der Waals surface area contributed by atoms with Gasteiger partial charge in [-0.1, -0.05) is 31.5 Å². The van der Waals surface area contributed by atoms with Crippen molar-refractivity contribution in [1.82, 2.24) is 4.90 Å². The molecule has 1 aliphatic heterocycles.